The normalized spacial score (nSPS) is 38.4. The molecule has 29 heavy (non-hydrogen) atoms. The number of nitriles is 1. The molecule has 0 aromatic carbocycles. The third kappa shape index (κ3) is 6.57. The Hall–Kier alpha value is -1.86. The molecule has 0 bridgehead atoms. The lowest BCUT2D eigenvalue weighted by Crippen LogP contribution is -2.37. The molecule has 0 amide bonds. The Morgan fingerprint density at radius 1 is 1.38 bits per heavy atom. The van der Waals surface area contributed by atoms with Crippen LogP contribution >= 0.6 is 0 Å². The number of hydrogen-bond acceptors (Lipinski definition) is 4. The number of esters is 1. The maximum absolute atomic E-state index is 12.6. The van der Waals surface area contributed by atoms with Gasteiger partial charge in [-0.05, 0) is 26.2 Å². The monoisotopic (exact) mass is 401 g/mol. The second-order valence-corrected chi connectivity index (χ2v) is 8.76. The van der Waals surface area contributed by atoms with E-state index in [0.717, 1.165) is 18.4 Å². The van der Waals surface area contributed by atoms with Gasteiger partial charge in [0.25, 0.3) is 0 Å². The number of hydrogen-bond donors (Lipinski definition) is 1. The van der Waals surface area contributed by atoms with E-state index in [0.29, 0.717) is 12.8 Å². The van der Waals surface area contributed by atoms with Crippen molar-refractivity contribution < 1.29 is 14.6 Å². The number of carbonyl (C=O) groups is 1. The summed E-state index contributed by atoms with van der Waals surface area (Å²) >= 11 is 0. The summed E-state index contributed by atoms with van der Waals surface area (Å²) in [5, 5.41) is 20.8. The quantitative estimate of drug-likeness (QED) is 0.473. The number of rotatable bonds is 2. The predicted molar refractivity (Wildman–Crippen MR) is 118 cm³/mol. The largest absolute Gasteiger partial charge is 0.462 e. The van der Waals surface area contributed by atoms with Gasteiger partial charge in [0.2, 0.25) is 0 Å². The highest BCUT2D eigenvalue weighted by atomic mass is 16.5. The molecule has 0 fully saturated rings. The molecule has 1 heterocycles. The lowest BCUT2D eigenvalue weighted by molar-refractivity contribution is -0.150. The molecule has 1 aliphatic heterocycles. The lowest BCUT2D eigenvalue weighted by Gasteiger charge is -2.40. The van der Waals surface area contributed by atoms with Crippen molar-refractivity contribution in [1.82, 2.24) is 0 Å². The van der Waals surface area contributed by atoms with Crippen LogP contribution in [-0.4, -0.2) is 23.3 Å². The molecule has 0 saturated heterocycles. The van der Waals surface area contributed by atoms with E-state index in [1.165, 1.54) is 5.57 Å². The van der Waals surface area contributed by atoms with Crippen LogP contribution in [0.5, 0.6) is 0 Å². The fourth-order valence-electron chi connectivity index (χ4n) is 3.99. The Morgan fingerprint density at radius 2 is 2.03 bits per heavy atom. The van der Waals surface area contributed by atoms with Crippen molar-refractivity contribution in [2.45, 2.75) is 85.9 Å². The molecule has 6 atom stereocenters. The highest BCUT2D eigenvalue weighted by Gasteiger charge is 2.41. The van der Waals surface area contributed by atoms with Gasteiger partial charge in [-0.1, -0.05) is 70.6 Å². The van der Waals surface area contributed by atoms with Crippen molar-refractivity contribution in [2.24, 2.45) is 23.2 Å². The number of ether oxygens (including phenoxy) is 1. The average Bonchev–Trinajstić information content (AvgIpc) is 2.71. The van der Waals surface area contributed by atoms with Crippen LogP contribution in [0.2, 0.25) is 0 Å². The highest BCUT2D eigenvalue weighted by Crippen LogP contribution is 2.44. The van der Waals surface area contributed by atoms with Gasteiger partial charge < -0.3 is 9.84 Å². The third-order valence-electron chi connectivity index (χ3n) is 6.73. The van der Waals surface area contributed by atoms with E-state index in [4.69, 9.17) is 4.74 Å². The molecule has 1 rings (SSSR count). The van der Waals surface area contributed by atoms with Crippen LogP contribution in [0.3, 0.4) is 0 Å². The first-order valence-electron chi connectivity index (χ1n) is 10.9. The van der Waals surface area contributed by atoms with Crippen LogP contribution in [0.15, 0.2) is 36.0 Å². The second-order valence-electron chi connectivity index (χ2n) is 8.76. The van der Waals surface area contributed by atoms with E-state index < -0.39 is 17.4 Å². The lowest BCUT2D eigenvalue weighted by atomic mass is 9.64. The molecule has 162 valence electrons. The second kappa shape index (κ2) is 11.4. The first kappa shape index (κ1) is 25.2. The van der Waals surface area contributed by atoms with E-state index in [1.807, 2.05) is 34.6 Å². The zero-order valence-corrected chi connectivity index (χ0v) is 19.1. The van der Waals surface area contributed by atoms with Gasteiger partial charge in [0.15, 0.2) is 0 Å². The van der Waals surface area contributed by atoms with Gasteiger partial charge in [-0.2, -0.15) is 5.26 Å². The number of carbonyl (C=O) groups excluding carboxylic acids is 1. The van der Waals surface area contributed by atoms with Crippen molar-refractivity contribution in [3.05, 3.63) is 36.0 Å². The molecule has 4 heteroatoms. The van der Waals surface area contributed by atoms with Crippen LogP contribution in [0, 0.1) is 34.5 Å². The summed E-state index contributed by atoms with van der Waals surface area (Å²) in [4.78, 5) is 12.6. The van der Waals surface area contributed by atoms with Crippen LogP contribution in [0.25, 0.3) is 0 Å². The first-order valence-corrected chi connectivity index (χ1v) is 10.9. The van der Waals surface area contributed by atoms with Crippen molar-refractivity contribution >= 4 is 5.97 Å². The summed E-state index contributed by atoms with van der Waals surface area (Å²) in [7, 11) is 0. The minimum Gasteiger partial charge on any atom is -0.462 e. The summed E-state index contributed by atoms with van der Waals surface area (Å²) in [6.45, 7) is 16.3. The summed E-state index contributed by atoms with van der Waals surface area (Å²) in [5.74, 6) is -1.11. The summed E-state index contributed by atoms with van der Waals surface area (Å²) in [6, 6.07) is 2.33. The highest BCUT2D eigenvalue weighted by molar-refractivity contribution is 5.70. The fourth-order valence-corrected chi connectivity index (χ4v) is 3.99. The van der Waals surface area contributed by atoms with Crippen LogP contribution in [-0.2, 0) is 9.53 Å². The van der Waals surface area contributed by atoms with Crippen LogP contribution in [0.4, 0.5) is 0 Å². The zero-order chi connectivity index (χ0) is 22.2. The van der Waals surface area contributed by atoms with Gasteiger partial charge in [0.1, 0.15) is 6.10 Å². The van der Waals surface area contributed by atoms with Gasteiger partial charge in [0.05, 0.1) is 24.5 Å². The van der Waals surface area contributed by atoms with Crippen molar-refractivity contribution in [2.75, 3.05) is 0 Å². The Balaban J connectivity index is 3.31. The number of cyclic esters (lactones) is 1. The molecule has 0 aromatic heterocycles. The molecular formula is C25H39NO3. The molecule has 1 N–H and O–H groups in total. The van der Waals surface area contributed by atoms with Crippen molar-refractivity contribution in [1.29, 1.82) is 5.26 Å². The Labute approximate surface area is 177 Å². The molecule has 0 aromatic rings. The van der Waals surface area contributed by atoms with E-state index >= 15 is 0 Å². The Bertz CT molecular complexity index is 672. The molecule has 4 unspecified atom stereocenters. The van der Waals surface area contributed by atoms with E-state index in [1.54, 1.807) is 0 Å². The molecular weight excluding hydrogens is 362 g/mol. The van der Waals surface area contributed by atoms with Crippen molar-refractivity contribution in [3.8, 4) is 6.07 Å². The smallest absolute Gasteiger partial charge is 0.307 e. The number of allylic oxidation sites excluding steroid dienone is 2. The third-order valence-corrected chi connectivity index (χ3v) is 6.73. The summed E-state index contributed by atoms with van der Waals surface area (Å²) in [6.07, 6.45) is 8.40. The van der Waals surface area contributed by atoms with Crippen molar-refractivity contribution in [3.63, 3.8) is 0 Å². The predicted octanol–water partition coefficient (Wildman–Crippen LogP) is 5.74. The SMILES string of the molecule is C=C1C(C)C(O)C(C)/C=C/C/C(C)=C\C[C@@H](CC)OC(=O)C[C@H](C#N)C1(C)CC. The topological polar surface area (TPSA) is 70.3 Å². The summed E-state index contributed by atoms with van der Waals surface area (Å²) in [5.41, 5.74) is 1.45. The van der Waals surface area contributed by atoms with Gasteiger partial charge in [-0.3, -0.25) is 4.79 Å². The number of nitrogens with zero attached hydrogens (tertiary/aromatic N) is 1. The standard InChI is InChI=1S/C25H39NO3/c1-8-22-14-13-17(3)11-10-12-18(4)24(28)19(5)20(6)25(7,9-2)21(16-26)15-23(27)29-22/h10,12-13,18-19,21-22,24,28H,6,8-9,11,14-15H2,1-5,7H3/b12-10+,17-13-/t18?,19?,21-,22-,24?,25?/m1/s1. The van der Waals surface area contributed by atoms with E-state index in [9.17, 15) is 15.2 Å². The number of aliphatic hydroxyl groups is 1. The molecule has 0 saturated carbocycles. The van der Waals surface area contributed by atoms with Crippen LogP contribution in [0.1, 0.15) is 73.6 Å². The maximum atomic E-state index is 12.6. The zero-order valence-electron chi connectivity index (χ0n) is 19.1. The van der Waals surface area contributed by atoms with E-state index in [2.05, 4.69) is 37.8 Å². The summed E-state index contributed by atoms with van der Waals surface area (Å²) < 4.78 is 5.69. The first-order chi connectivity index (χ1) is 13.6. The van der Waals surface area contributed by atoms with Gasteiger partial charge in [0, 0.05) is 23.7 Å². The van der Waals surface area contributed by atoms with Gasteiger partial charge >= 0.3 is 5.97 Å². The molecule has 0 radical (unpaired) electrons. The van der Waals surface area contributed by atoms with Crippen LogP contribution < -0.4 is 0 Å². The van der Waals surface area contributed by atoms with Gasteiger partial charge in [-0.25, -0.2) is 0 Å². The van der Waals surface area contributed by atoms with Gasteiger partial charge in [-0.15, -0.1) is 0 Å². The number of aliphatic hydroxyl groups excluding tert-OH is 1. The minimum atomic E-state index is -0.599. The fraction of sp³-hybridized carbons (Fsp3) is 0.680. The average molecular weight is 402 g/mol. The molecule has 0 spiro atoms. The molecule has 4 nitrogen and oxygen atoms in total. The molecule has 0 aliphatic carbocycles. The minimum absolute atomic E-state index is 0.0301. The van der Waals surface area contributed by atoms with E-state index in [-0.39, 0.29) is 30.3 Å². The maximum Gasteiger partial charge on any atom is 0.307 e. The Morgan fingerprint density at radius 3 is 2.59 bits per heavy atom. The molecule has 1 aliphatic rings. The Kier molecular flexibility index (Phi) is 9.86.